The first-order valence-electron chi connectivity index (χ1n) is 7.26. The highest BCUT2D eigenvalue weighted by Crippen LogP contribution is 2.14. The Kier molecular flexibility index (Phi) is 4.74. The van der Waals surface area contributed by atoms with E-state index in [1.54, 1.807) is 0 Å². The molecule has 0 spiro atoms. The number of aromatic nitrogens is 2. The molecule has 2 heterocycles. The van der Waals surface area contributed by atoms with Gasteiger partial charge in [0.15, 0.2) is 5.69 Å². The summed E-state index contributed by atoms with van der Waals surface area (Å²) in [5.74, 6) is -0.354. The lowest BCUT2D eigenvalue weighted by molar-refractivity contribution is 0.0905. The largest absolute Gasteiger partial charge is 0.348 e. The molecule has 0 saturated carbocycles. The summed E-state index contributed by atoms with van der Waals surface area (Å²) >= 11 is 1.04. The monoisotopic (exact) mass is 320 g/mol. The molecular formula is C15H17FN4OS. The van der Waals surface area contributed by atoms with Crippen LogP contribution < -0.4 is 5.32 Å². The average molecular weight is 320 g/mol. The molecule has 0 radical (unpaired) electrons. The fourth-order valence-electron chi connectivity index (χ4n) is 2.61. The van der Waals surface area contributed by atoms with Gasteiger partial charge < -0.3 is 5.32 Å². The third-order valence-electron chi connectivity index (χ3n) is 3.84. The van der Waals surface area contributed by atoms with E-state index in [1.165, 1.54) is 18.3 Å². The van der Waals surface area contributed by atoms with Gasteiger partial charge in [-0.1, -0.05) is 12.1 Å². The predicted molar refractivity (Wildman–Crippen MR) is 82.1 cm³/mol. The molecule has 1 aliphatic heterocycles. The van der Waals surface area contributed by atoms with Crippen molar-refractivity contribution in [3.8, 4) is 0 Å². The standard InChI is InChI=1S/C15H17FN4OS/c16-12-3-1-11(2-4-12)10-20-7-5-13(6-8-20)18-15(21)14-9-17-22-19-14/h1-4,9,13H,5-8,10H2,(H,18,21). The number of likely N-dealkylation sites (tertiary alicyclic amines) is 1. The van der Waals surface area contributed by atoms with E-state index in [4.69, 9.17) is 0 Å². The lowest BCUT2D eigenvalue weighted by Crippen LogP contribution is -2.44. The number of rotatable bonds is 4. The average Bonchev–Trinajstić information content (AvgIpc) is 3.06. The first kappa shape index (κ1) is 15.1. The van der Waals surface area contributed by atoms with Crippen LogP contribution in [0, 0.1) is 5.82 Å². The highest BCUT2D eigenvalue weighted by molar-refractivity contribution is 6.99. The summed E-state index contributed by atoms with van der Waals surface area (Å²) in [5, 5.41) is 3.00. The van der Waals surface area contributed by atoms with Crippen LogP contribution in [-0.2, 0) is 6.54 Å². The smallest absolute Gasteiger partial charge is 0.272 e. The number of hydrogen-bond donors (Lipinski definition) is 1. The van der Waals surface area contributed by atoms with Crippen LogP contribution >= 0.6 is 11.7 Å². The van der Waals surface area contributed by atoms with Crippen molar-refractivity contribution in [1.82, 2.24) is 19.0 Å². The Balaban J connectivity index is 1.46. The summed E-state index contributed by atoms with van der Waals surface area (Å²) in [6, 6.07) is 6.80. The van der Waals surface area contributed by atoms with Crippen molar-refractivity contribution in [2.24, 2.45) is 0 Å². The zero-order chi connectivity index (χ0) is 15.4. The molecule has 1 saturated heterocycles. The van der Waals surface area contributed by atoms with Crippen LogP contribution in [0.4, 0.5) is 4.39 Å². The number of carbonyl (C=O) groups excluding carboxylic acids is 1. The fraction of sp³-hybridized carbons (Fsp3) is 0.400. The lowest BCUT2D eigenvalue weighted by Gasteiger charge is -2.32. The van der Waals surface area contributed by atoms with Crippen LogP contribution in [0.15, 0.2) is 30.5 Å². The van der Waals surface area contributed by atoms with E-state index in [1.807, 2.05) is 12.1 Å². The van der Waals surface area contributed by atoms with Gasteiger partial charge in [-0.15, -0.1) is 0 Å². The molecule has 1 aliphatic rings. The topological polar surface area (TPSA) is 58.1 Å². The van der Waals surface area contributed by atoms with Gasteiger partial charge in [-0.2, -0.15) is 8.75 Å². The first-order valence-corrected chi connectivity index (χ1v) is 7.99. The molecule has 5 nitrogen and oxygen atoms in total. The molecular weight excluding hydrogens is 303 g/mol. The molecule has 116 valence electrons. The molecule has 3 rings (SSSR count). The highest BCUT2D eigenvalue weighted by Gasteiger charge is 2.21. The second-order valence-electron chi connectivity index (χ2n) is 5.44. The Morgan fingerprint density at radius 2 is 2.05 bits per heavy atom. The number of hydrogen-bond acceptors (Lipinski definition) is 5. The van der Waals surface area contributed by atoms with Crippen molar-refractivity contribution in [2.75, 3.05) is 13.1 Å². The van der Waals surface area contributed by atoms with E-state index in [0.717, 1.165) is 49.8 Å². The summed E-state index contributed by atoms with van der Waals surface area (Å²) in [6.45, 7) is 2.65. The molecule has 1 fully saturated rings. The van der Waals surface area contributed by atoms with Gasteiger partial charge in [0.2, 0.25) is 0 Å². The van der Waals surface area contributed by atoms with Crippen molar-refractivity contribution >= 4 is 17.6 Å². The number of benzene rings is 1. The second-order valence-corrected chi connectivity index (χ2v) is 6.00. The number of nitrogens with zero attached hydrogens (tertiary/aromatic N) is 3. The van der Waals surface area contributed by atoms with Crippen molar-refractivity contribution in [2.45, 2.75) is 25.4 Å². The zero-order valence-corrected chi connectivity index (χ0v) is 12.9. The minimum absolute atomic E-state index is 0.147. The van der Waals surface area contributed by atoms with Gasteiger partial charge in [-0.3, -0.25) is 9.69 Å². The maximum Gasteiger partial charge on any atom is 0.272 e. The van der Waals surface area contributed by atoms with Gasteiger partial charge in [0.05, 0.1) is 17.9 Å². The Bertz CT molecular complexity index is 609. The molecule has 1 amide bonds. The maximum absolute atomic E-state index is 12.9. The van der Waals surface area contributed by atoms with E-state index in [0.29, 0.717) is 5.69 Å². The van der Waals surface area contributed by atoms with Crippen molar-refractivity contribution in [1.29, 1.82) is 0 Å². The molecule has 0 aliphatic carbocycles. The molecule has 0 atom stereocenters. The molecule has 2 aromatic rings. The summed E-state index contributed by atoms with van der Waals surface area (Å²) in [4.78, 5) is 14.2. The van der Waals surface area contributed by atoms with Crippen molar-refractivity contribution < 1.29 is 9.18 Å². The number of nitrogens with one attached hydrogen (secondary N) is 1. The number of halogens is 1. The molecule has 1 aromatic heterocycles. The van der Waals surface area contributed by atoms with Gasteiger partial charge in [0.1, 0.15) is 5.82 Å². The van der Waals surface area contributed by atoms with E-state index < -0.39 is 0 Å². The highest BCUT2D eigenvalue weighted by atomic mass is 32.1. The van der Waals surface area contributed by atoms with Crippen LogP contribution in [0.2, 0.25) is 0 Å². The summed E-state index contributed by atoms with van der Waals surface area (Å²) in [5.41, 5.74) is 1.50. The minimum atomic E-state index is -0.207. The van der Waals surface area contributed by atoms with E-state index >= 15 is 0 Å². The van der Waals surface area contributed by atoms with Crippen molar-refractivity contribution in [3.63, 3.8) is 0 Å². The van der Waals surface area contributed by atoms with Crippen LogP contribution in [0.3, 0.4) is 0 Å². The SMILES string of the molecule is O=C(NC1CCN(Cc2ccc(F)cc2)CC1)c1cnsn1. The summed E-state index contributed by atoms with van der Waals surface area (Å²) in [7, 11) is 0. The van der Waals surface area contributed by atoms with Crippen LogP contribution in [0.25, 0.3) is 0 Å². The van der Waals surface area contributed by atoms with E-state index in [2.05, 4.69) is 19.0 Å². The number of carbonyl (C=O) groups is 1. The van der Waals surface area contributed by atoms with E-state index in [-0.39, 0.29) is 17.8 Å². The third kappa shape index (κ3) is 3.86. The van der Waals surface area contributed by atoms with Gasteiger partial charge in [0.25, 0.3) is 5.91 Å². The predicted octanol–water partition coefficient (Wildman–Crippen LogP) is 2.07. The van der Waals surface area contributed by atoms with Crippen molar-refractivity contribution in [3.05, 3.63) is 47.5 Å². The molecule has 0 bridgehead atoms. The first-order chi connectivity index (χ1) is 10.7. The quantitative estimate of drug-likeness (QED) is 0.937. The Morgan fingerprint density at radius 3 is 2.68 bits per heavy atom. The molecule has 1 aromatic carbocycles. The number of amides is 1. The Morgan fingerprint density at radius 1 is 1.32 bits per heavy atom. The minimum Gasteiger partial charge on any atom is -0.348 e. The maximum atomic E-state index is 12.9. The molecule has 1 N–H and O–H groups in total. The summed E-state index contributed by atoms with van der Waals surface area (Å²) in [6.07, 6.45) is 3.30. The number of piperidine rings is 1. The Hall–Kier alpha value is -1.86. The zero-order valence-electron chi connectivity index (χ0n) is 12.0. The summed E-state index contributed by atoms with van der Waals surface area (Å²) < 4.78 is 20.7. The van der Waals surface area contributed by atoms with Crippen LogP contribution in [0.1, 0.15) is 28.9 Å². The fourth-order valence-corrected chi connectivity index (χ4v) is 3.02. The van der Waals surface area contributed by atoms with Gasteiger partial charge >= 0.3 is 0 Å². The van der Waals surface area contributed by atoms with Crippen LogP contribution in [0.5, 0.6) is 0 Å². The molecule has 22 heavy (non-hydrogen) atoms. The van der Waals surface area contributed by atoms with E-state index in [9.17, 15) is 9.18 Å². The second kappa shape index (κ2) is 6.93. The third-order valence-corrected chi connectivity index (χ3v) is 4.31. The van der Waals surface area contributed by atoms with Gasteiger partial charge in [0, 0.05) is 25.7 Å². The Labute approximate surface area is 132 Å². The van der Waals surface area contributed by atoms with Crippen LogP contribution in [-0.4, -0.2) is 38.7 Å². The lowest BCUT2D eigenvalue weighted by atomic mass is 10.0. The van der Waals surface area contributed by atoms with Gasteiger partial charge in [-0.05, 0) is 30.5 Å². The normalized spacial score (nSPS) is 16.6. The molecule has 0 unspecified atom stereocenters. The molecule has 7 heteroatoms. The van der Waals surface area contributed by atoms with Gasteiger partial charge in [-0.25, -0.2) is 4.39 Å².